The van der Waals surface area contributed by atoms with Crippen molar-refractivity contribution in [3.05, 3.63) is 17.0 Å². The number of hydrogen-bond acceptors (Lipinski definition) is 4. The molecule has 0 spiro atoms. The smallest absolute Gasteiger partial charge is 0.137 e. The number of aliphatic hydroxyl groups is 1. The average molecular weight is 298 g/mol. The van der Waals surface area contributed by atoms with E-state index in [1.807, 2.05) is 0 Å². The third-order valence-corrected chi connectivity index (χ3v) is 4.64. The second kappa shape index (κ2) is 6.72. The highest BCUT2D eigenvalue weighted by molar-refractivity contribution is 6.30. The number of anilines is 1. The van der Waals surface area contributed by atoms with Crippen molar-refractivity contribution in [2.45, 2.75) is 57.9 Å². The summed E-state index contributed by atoms with van der Waals surface area (Å²) >= 11 is 6.18. The number of hydrogen-bond donors (Lipinski definition) is 2. The molecule has 4 nitrogen and oxygen atoms in total. The van der Waals surface area contributed by atoms with Gasteiger partial charge in [0.1, 0.15) is 17.3 Å². The standard InChI is InChI=1S/C15H24ClN3O/c1-3-4-12-13(16)17-10-18-14(12)19-15(9-20)7-5-11(2)6-8-15/h10-11,20H,3-9H2,1-2H3,(H,17,18,19). The van der Waals surface area contributed by atoms with Crippen molar-refractivity contribution in [3.63, 3.8) is 0 Å². The Morgan fingerprint density at radius 2 is 2.10 bits per heavy atom. The molecule has 0 saturated heterocycles. The fourth-order valence-corrected chi connectivity index (χ4v) is 3.09. The van der Waals surface area contributed by atoms with Gasteiger partial charge >= 0.3 is 0 Å². The Kier molecular flexibility index (Phi) is 5.22. The first-order valence-corrected chi connectivity index (χ1v) is 7.86. The van der Waals surface area contributed by atoms with Crippen LogP contribution in [0.5, 0.6) is 0 Å². The van der Waals surface area contributed by atoms with Gasteiger partial charge in [-0.1, -0.05) is 31.9 Å². The van der Waals surface area contributed by atoms with Crippen LogP contribution in [0.15, 0.2) is 6.33 Å². The predicted octanol–water partition coefficient (Wildman–Crippen LogP) is 3.44. The Morgan fingerprint density at radius 1 is 1.40 bits per heavy atom. The molecule has 0 aliphatic heterocycles. The highest BCUT2D eigenvalue weighted by Crippen LogP contribution is 2.35. The van der Waals surface area contributed by atoms with Gasteiger partial charge in [0.15, 0.2) is 0 Å². The largest absolute Gasteiger partial charge is 0.394 e. The van der Waals surface area contributed by atoms with Crippen molar-refractivity contribution in [2.75, 3.05) is 11.9 Å². The molecule has 1 aliphatic carbocycles. The molecule has 2 rings (SSSR count). The van der Waals surface area contributed by atoms with Crippen molar-refractivity contribution in [1.82, 2.24) is 9.97 Å². The Balaban J connectivity index is 2.21. The predicted molar refractivity (Wildman–Crippen MR) is 82.1 cm³/mol. The van der Waals surface area contributed by atoms with Gasteiger partial charge in [0.2, 0.25) is 0 Å². The molecule has 112 valence electrons. The number of rotatable bonds is 5. The van der Waals surface area contributed by atoms with Crippen molar-refractivity contribution >= 4 is 17.4 Å². The molecule has 5 heteroatoms. The lowest BCUT2D eigenvalue weighted by molar-refractivity contribution is 0.155. The van der Waals surface area contributed by atoms with E-state index in [1.54, 1.807) is 0 Å². The van der Waals surface area contributed by atoms with E-state index < -0.39 is 0 Å². The maximum atomic E-state index is 9.84. The molecule has 1 heterocycles. The summed E-state index contributed by atoms with van der Waals surface area (Å²) in [6.45, 7) is 4.51. The van der Waals surface area contributed by atoms with Gasteiger partial charge in [-0.3, -0.25) is 0 Å². The van der Waals surface area contributed by atoms with E-state index in [1.165, 1.54) is 6.33 Å². The summed E-state index contributed by atoms with van der Waals surface area (Å²) in [6, 6.07) is 0. The molecular weight excluding hydrogens is 274 g/mol. The third kappa shape index (κ3) is 3.41. The first-order chi connectivity index (χ1) is 9.60. The van der Waals surface area contributed by atoms with Gasteiger partial charge in [0.05, 0.1) is 12.1 Å². The molecule has 0 unspecified atom stereocenters. The average Bonchev–Trinajstić information content (AvgIpc) is 2.45. The lowest BCUT2D eigenvalue weighted by Crippen LogP contribution is -2.45. The minimum Gasteiger partial charge on any atom is -0.394 e. The third-order valence-electron chi connectivity index (χ3n) is 4.31. The van der Waals surface area contributed by atoms with Crippen molar-refractivity contribution < 1.29 is 5.11 Å². The molecule has 1 aromatic heterocycles. The Hall–Kier alpha value is -0.870. The van der Waals surface area contributed by atoms with Gasteiger partial charge in [0, 0.05) is 5.56 Å². The summed E-state index contributed by atoms with van der Waals surface area (Å²) in [5.41, 5.74) is 0.704. The quantitative estimate of drug-likeness (QED) is 0.818. The molecule has 0 aromatic carbocycles. The highest BCUT2D eigenvalue weighted by Gasteiger charge is 2.34. The van der Waals surface area contributed by atoms with Crippen molar-refractivity contribution in [2.24, 2.45) is 5.92 Å². The van der Waals surface area contributed by atoms with E-state index in [0.717, 1.165) is 55.8 Å². The lowest BCUT2D eigenvalue weighted by Gasteiger charge is -2.39. The maximum Gasteiger partial charge on any atom is 0.137 e. The van der Waals surface area contributed by atoms with Gasteiger partial charge < -0.3 is 10.4 Å². The summed E-state index contributed by atoms with van der Waals surface area (Å²) in [7, 11) is 0. The van der Waals surface area contributed by atoms with Gasteiger partial charge in [0.25, 0.3) is 0 Å². The molecule has 1 fully saturated rings. The zero-order valence-corrected chi connectivity index (χ0v) is 13.1. The van der Waals surface area contributed by atoms with E-state index in [-0.39, 0.29) is 12.1 Å². The van der Waals surface area contributed by atoms with Crippen LogP contribution in [0.25, 0.3) is 0 Å². The van der Waals surface area contributed by atoms with E-state index >= 15 is 0 Å². The number of nitrogens with one attached hydrogen (secondary N) is 1. The molecule has 0 amide bonds. The zero-order valence-electron chi connectivity index (χ0n) is 12.3. The SMILES string of the molecule is CCCc1c(Cl)ncnc1NC1(CO)CCC(C)CC1. The summed E-state index contributed by atoms with van der Waals surface area (Å²) in [5, 5.41) is 13.8. The van der Waals surface area contributed by atoms with E-state index in [9.17, 15) is 5.11 Å². The number of aromatic nitrogens is 2. The van der Waals surface area contributed by atoms with Crippen LogP contribution in [-0.4, -0.2) is 27.2 Å². The first kappa shape index (κ1) is 15.5. The van der Waals surface area contributed by atoms with Crippen LogP contribution in [0.1, 0.15) is 51.5 Å². The van der Waals surface area contributed by atoms with E-state index in [0.29, 0.717) is 5.15 Å². The van der Waals surface area contributed by atoms with Gasteiger partial charge in [-0.2, -0.15) is 0 Å². The second-order valence-electron chi connectivity index (χ2n) is 5.99. The van der Waals surface area contributed by atoms with Crippen LogP contribution in [0.4, 0.5) is 5.82 Å². The van der Waals surface area contributed by atoms with Gasteiger partial charge in [-0.05, 0) is 38.0 Å². The molecule has 1 aromatic rings. The summed E-state index contributed by atoms with van der Waals surface area (Å²) in [4.78, 5) is 8.41. The normalized spacial score (nSPS) is 26.5. The fraction of sp³-hybridized carbons (Fsp3) is 0.733. The van der Waals surface area contributed by atoms with Crippen molar-refractivity contribution in [1.29, 1.82) is 0 Å². The maximum absolute atomic E-state index is 9.84. The van der Waals surface area contributed by atoms with Crippen LogP contribution < -0.4 is 5.32 Å². The topological polar surface area (TPSA) is 58.0 Å². The zero-order chi connectivity index (χ0) is 14.6. The van der Waals surface area contributed by atoms with Crippen LogP contribution in [0, 0.1) is 5.92 Å². The lowest BCUT2D eigenvalue weighted by atomic mass is 9.77. The minimum atomic E-state index is -0.257. The van der Waals surface area contributed by atoms with E-state index in [4.69, 9.17) is 11.6 Å². The van der Waals surface area contributed by atoms with Crippen molar-refractivity contribution in [3.8, 4) is 0 Å². The molecule has 20 heavy (non-hydrogen) atoms. The number of halogens is 1. The van der Waals surface area contributed by atoms with E-state index in [2.05, 4.69) is 29.1 Å². The summed E-state index contributed by atoms with van der Waals surface area (Å²) in [6.07, 6.45) is 7.53. The Bertz CT molecular complexity index is 445. The Morgan fingerprint density at radius 3 is 2.70 bits per heavy atom. The van der Waals surface area contributed by atoms with Crippen LogP contribution in [0.3, 0.4) is 0 Å². The number of nitrogens with zero attached hydrogens (tertiary/aromatic N) is 2. The Labute approximate surface area is 126 Å². The molecule has 1 aliphatic rings. The fourth-order valence-electron chi connectivity index (χ4n) is 2.86. The second-order valence-corrected chi connectivity index (χ2v) is 6.35. The molecule has 0 bridgehead atoms. The molecule has 0 atom stereocenters. The highest BCUT2D eigenvalue weighted by atomic mass is 35.5. The van der Waals surface area contributed by atoms with Crippen LogP contribution in [0.2, 0.25) is 5.15 Å². The molecule has 1 saturated carbocycles. The molecule has 2 N–H and O–H groups in total. The minimum absolute atomic E-state index is 0.132. The molecular formula is C15H24ClN3O. The van der Waals surface area contributed by atoms with Crippen LogP contribution in [-0.2, 0) is 6.42 Å². The summed E-state index contributed by atoms with van der Waals surface area (Å²) in [5.74, 6) is 1.52. The summed E-state index contributed by atoms with van der Waals surface area (Å²) < 4.78 is 0. The molecule has 0 radical (unpaired) electrons. The van der Waals surface area contributed by atoms with Gasteiger partial charge in [-0.15, -0.1) is 0 Å². The van der Waals surface area contributed by atoms with Gasteiger partial charge in [-0.25, -0.2) is 9.97 Å². The van der Waals surface area contributed by atoms with Crippen LogP contribution >= 0.6 is 11.6 Å². The monoisotopic (exact) mass is 297 g/mol. The first-order valence-electron chi connectivity index (χ1n) is 7.48. The number of aliphatic hydroxyl groups excluding tert-OH is 1.